The maximum atomic E-state index is 13.0. The van der Waals surface area contributed by atoms with E-state index < -0.39 is 117 Å². The number of rotatable bonds is 15. The number of anilines is 1. The number of amides is 6. The van der Waals surface area contributed by atoms with E-state index in [4.69, 9.17) is 24.7 Å². The van der Waals surface area contributed by atoms with E-state index in [-0.39, 0.29) is 61.2 Å². The van der Waals surface area contributed by atoms with Crippen molar-refractivity contribution < 1.29 is 83.5 Å². The molecule has 0 spiro atoms. The van der Waals surface area contributed by atoms with Gasteiger partial charge in [0.1, 0.15) is 61.3 Å². The fraction of sp³-hybridized carbons (Fsp3) is 0.647. The van der Waals surface area contributed by atoms with Crippen LogP contribution < -0.4 is 26.4 Å². The minimum atomic E-state index is -1.80. The van der Waals surface area contributed by atoms with Crippen LogP contribution in [0, 0.1) is 5.41 Å². The summed E-state index contributed by atoms with van der Waals surface area (Å²) in [5.41, 5.74) is 4.94. The summed E-state index contributed by atoms with van der Waals surface area (Å²) in [6, 6.07) is 2.76. The van der Waals surface area contributed by atoms with Crippen molar-refractivity contribution in [2.24, 2.45) is 11.1 Å². The molecule has 4 fully saturated rings. The predicted octanol–water partition coefficient (Wildman–Crippen LogP) is -5.35. The van der Waals surface area contributed by atoms with Gasteiger partial charge in [0.2, 0.25) is 29.9 Å². The van der Waals surface area contributed by atoms with Gasteiger partial charge in [0.05, 0.1) is 30.4 Å². The van der Waals surface area contributed by atoms with Crippen LogP contribution in [0.15, 0.2) is 18.2 Å². The van der Waals surface area contributed by atoms with E-state index in [2.05, 4.69) is 16.0 Å². The number of hydrogen-bond donors (Lipinski definition) is 11. The number of imide groups is 1. The Kier molecular flexibility index (Phi) is 13.7. The van der Waals surface area contributed by atoms with E-state index in [1.165, 1.54) is 18.2 Å². The Labute approximate surface area is 324 Å². The normalized spacial score (nSPS) is 32.2. The number of nitrogens with zero attached hydrogens (tertiary/aromatic N) is 2. The third-order valence-corrected chi connectivity index (χ3v) is 9.94. The smallest absolute Gasteiger partial charge is 0.409 e. The third-order valence-electron chi connectivity index (χ3n) is 9.94. The summed E-state index contributed by atoms with van der Waals surface area (Å²) in [5.74, 6) is -2.75. The molecule has 6 amide bonds. The zero-order valence-electron chi connectivity index (χ0n) is 30.9. The quantitative estimate of drug-likeness (QED) is 0.0582. The minimum absolute atomic E-state index is 0.0357. The first-order valence-corrected chi connectivity index (χ1v) is 18.0. The van der Waals surface area contributed by atoms with Gasteiger partial charge in [-0.3, -0.25) is 34.2 Å². The monoisotopic (exact) mass is 812 g/mol. The molecule has 1 aromatic carbocycles. The van der Waals surface area contributed by atoms with Gasteiger partial charge in [0, 0.05) is 32.4 Å². The number of hydrogen-bond acceptors (Lipinski definition) is 18. The topological polar surface area (TPSA) is 349 Å². The molecule has 57 heavy (non-hydrogen) atoms. The Bertz CT molecular complexity index is 1690. The van der Waals surface area contributed by atoms with Crippen LogP contribution in [0.1, 0.15) is 38.7 Å². The molecule has 11 unspecified atom stereocenters. The summed E-state index contributed by atoms with van der Waals surface area (Å²) in [6.45, 7) is 1.15. The summed E-state index contributed by atoms with van der Waals surface area (Å²) in [7, 11) is 0. The number of nitrogens with one attached hydrogen (secondary N) is 3. The summed E-state index contributed by atoms with van der Waals surface area (Å²) < 4.78 is 21.7. The standard InChI is InChI=1S/C34H48N6O17/c1-34(2)10-21(45)39(32(34)52)8-6-19(43)36-7-5-20(44)37-15-9-14(3-4-16(15)56-31-27(50)25(48)23(46)18(12-42)57-31)13-54-33(53)38-29-30(51)40(29)22-17(11-41)55-28(35)26(49)24(22)47/h3-4,9,17-18,22-29,31,41-42,46-50H,5-8,10-13,35H2,1-2H3,(H,36,43)(H,37,44)(H,38,53). The Hall–Kier alpha value is -4.56. The largest absolute Gasteiger partial charge is 0.460 e. The number of carbonyl (C=O) groups is 6. The number of carbonyl (C=O) groups excluding carboxylic acids is 6. The van der Waals surface area contributed by atoms with Crippen molar-refractivity contribution >= 4 is 41.3 Å². The predicted molar refractivity (Wildman–Crippen MR) is 187 cm³/mol. The molecular formula is C34H48N6O17. The second kappa shape index (κ2) is 17.9. The molecule has 11 atom stereocenters. The lowest BCUT2D eigenvalue weighted by Crippen LogP contribution is -2.64. The van der Waals surface area contributed by atoms with Gasteiger partial charge in [0.15, 0.2) is 6.17 Å². The van der Waals surface area contributed by atoms with Crippen LogP contribution in [0.4, 0.5) is 10.5 Å². The fourth-order valence-electron chi connectivity index (χ4n) is 6.66. The first-order chi connectivity index (χ1) is 26.9. The van der Waals surface area contributed by atoms with Gasteiger partial charge in [-0.1, -0.05) is 19.9 Å². The SMILES string of the molecule is CC1(C)CC(=O)N(CCC(=O)NCCC(=O)Nc2cc(COC(=O)NC3C(=O)N3C3C(CO)OC(N)C(O)C3O)ccc2OC2OC(CO)C(O)C(O)C2O)C1=O. The lowest BCUT2D eigenvalue weighted by atomic mass is 9.92. The summed E-state index contributed by atoms with van der Waals surface area (Å²) in [5, 5.41) is 78.1. The molecule has 4 aliphatic rings. The molecule has 12 N–H and O–H groups in total. The van der Waals surface area contributed by atoms with E-state index in [0.29, 0.717) is 0 Å². The van der Waals surface area contributed by atoms with Gasteiger partial charge in [0.25, 0.3) is 5.91 Å². The van der Waals surface area contributed by atoms with E-state index >= 15 is 0 Å². The second-order valence-electron chi connectivity index (χ2n) is 14.6. The highest BCUT2D eigenvalue weighted by Crippen LogP contribution is 2.34. The molecular weight excluding hydrogens is 764 g/mol. The molecule has 0 bridgehead atoms. The van der Waals surface area contributed by atoms with Crippen molar-refractivity contribution in [2.75, 3.05) is 31.6 Å². The van der Waals surface area contributed by atoms with Crippen molar-refractivity contribution in [3.8, 4) is 5.75 Å². The van der Waals surface area contributed by atoms with Crippen LogP contribution in [0.2, 0.25) is 0 Å². The van der Waals surface area contributed by atoms with Crippen LogP contribution in [0.25, 0.3) is 0 Å². The Balaban J connectivity index is 1.20. The number of aliphatic hydroxyl groups excluding tert-OH is 7. The highest BCUT2D eigenvalue weighted by atomic mass is 16.7. The van der Waals surface area contributed by atoms with Crippen molar-refractivity contribution in [3.05, 3.63) is 23.8 Å². The number of likely N-dealkylation sites (tertiary alicyclic amines) is 1. The van der Waals surface area contributed by atoms with Crippen LogP contribution >= 0.6 is 0 Å². The Morgan fingerprint density at radius 1 is 0.912 bits per heavy atom. The zero-order chi connectivity index (χ0) is 41.9. The molecule has 1 aromatic rings. The molecule has 0 radical (unpaired) electrons. The van der Waals surface area contributed by atoms with Gasteiger partial charge in [-0.05, 0) is 17.7 Å². The summed E-state index contributed by atoms with van der Waals surface area (Å²) in [4.78, 5) is 77.3. The molecule has 0 saturated carbocycles. The number of ether oxygens (including phenoxy) is 4. The molecule has 4 heterocycles. The van der Waals surface area contributed by atoms with Crippen molar-refractivity contribution in [1.82, 2.24) is 20.4 Å². The number of alkyl carbamates (subject to hydrolysis) is 1. The number of benzene rings is 1. The van der Waals surface area contributed by atoms with Crippen molar-refractivity contribution in [1.29, 1.82) is 0 Å². The van der Waals surface area contributed by atoms with E-state index in [1.807, 2.05) is 0 Å². The molecule has 5 rings (SSSR count). The highest BCUT2D eigenvalue weighted by Gasteiger charge is 2.59. The van der Waals surface area contributed by atoms with Crippen molar-refractivity contribution in [3.63, 3.8) is 0 Å². The lowest BCUT2D eigenvalue weighted by molar-refractivity contribution is -0.277. The van der Waals surface area contributed by atoms with Crippen LogP contribution in [-0.2, 0) is 44.8 Å². The molecule has 23 heteroatoms. The van der Waals surface area contributed by atoms with Crippen LogP contribution in [0.3, 0.4) is 0 Å². The number of aliphatic hydroxyl groups is 7. The highest BCUT2D eigenvalue weighted by molar-refractivity contribution is 6.05. The van der Waals surface area contributed by atoms with Gasteiger partial charge in [-0.25, -0.2) is 4.79 Å². The molecule has 4 aliphatic heterocycles. The molecule has 23 nitrogen and oxygen atoms in total. The average molecular weight is 813 g/mol. The molecule has 0 aromatic heterocycles. The summed E-state index contributed by atoms with van der Waals surface area (Å²) >= 11 is 0. The third kappa shape index (κ3) is 9.77. The molecule has 0 aliphatic carbocycles. The fourth-order valence-corrected chi connectivity index (χ4v) is 6.66. The van der Waals surface area contributed by atoms with Gasteiger partial charge >= 0.3 is 6.09 Å². The lowest BCUT2D eigenvalue weighted by Gasteiger charge is -2.41. The van der Waals surface area contributed by atoms with Crippen LogP contribution in [-0.4, -0.2) is 175 Å². The van der Waals surface area contributed by atoms with E-state index in [9.17, 15) is 64.5 Å². The average Bonchev–Trinajstić information content (AvgIpc) is 3.72. The maximum absolute atomic E-state index is 13.0. The second-order valence-corrected chi connectivity index (χ2v) is 14.6. The summed E-state index contributed by atoms with van der Waals surface area (Å²) in [6.07, 6.45) is -16.7. The Morgan fingerprint density at radius 2 is 1.61 bits per heavy atom. The molecule has 316 valence electrons. The zero-order valence-corrected chi connectivity index (χ0v) is 30.9. The van der Waals surface area contributed by atoms with E-state index in [1.54, 1.807) is 13.8 Å². The number of nitrogens with two attached hydrogens (primary N) is 1. The van der Waals surface area contributed by atoms with E-state index in [0.717, 1.165) is 9.80 Å². The van der Waals surface area contributed by atoms with Gasteiger partial charge in [-0.2, -0.15) is 0 Å². The van der Waals surface area contributed by atoms with Crippen LogP contribution in [0.5, 0.6) is 5.75 Å². The van der Waals surface area contributed by atoms with Gasteiger partial charge < -0.3 is 76.0 Å². The molecule has 4 saturated heterocycles. The minimum Gasteiger partial charge on any atom is -0.460 e. The van der Waals surface area contributed by atoms with Gasteiger partial charge in [-0.15, -0.1) is 0 Å². The first-order valence-electron chi connectivity index (χ1n) is 18.0. The maximum Gasteiger partial charge on any atom is 0.409 e. The Morgan fingerprint density at radius 3 is 2.26 bits per heavy atom. The first kappa shape index (κ1) is 43.6. The van der Waals surface area contributed by atoms with Crippen molar-refractivity contribution in [2.45, 2.75) is 107 Å².